The third-order valence-corrected chi connectivity index (χ3v) is 6.86. The molecule has 4 aromatic rings. The Morgan fingerprint density at radius 1 is 1.05 bits per heavy atom. The molecule has 0 spiro atoms. The van der Waals surface area contributed by atoms with Crippen LogP contribution in [-0.4, -0.2) is 33.4 Å². The normalized spacial score (nSPS) is 12.1. The van der Waals surface area contributed by atoms with Crippen LogP contribution in [0.1, 0.15) is 59.3 Å². The van der Waals surface area contributed by atoms with Crippen LogP contribution < -0.4 is 11.3 Å². The van der Waals surface area contributed by atoms with E-state index in [-0.39, 0.29) is 17.4 Å². The largest absolute Gasteiger partial charge is 0.472 e. The predicted molar refractivity (Wildman–Crippen MR) is 150 cm³/mol. The summed E-state index contributed by atoms with van der Waals surface area (Å²) in [5.74, 6) is 0.445. The molecule has 1 atom stereocenters. The van der Waals surface area contributed by atoms with Crippen LogP contribution in [0.25, 0.3) is 11.1 Å². The Labute approximate surface area is 223 Å². The van der Waals surface area contributed by atoms with Crippen molar-refractivity contribution >= 4 is 5.91 Å². The number of benzene rings is 2. The Balaban J connectivity index is 1.91. The van der Waals surface area contributed by atoms with E-state index in [2.05, 4.69) is 23.4 Å². The molecule has 2 heterocycles. The Morgan fingerprint density at radius 2 is 1.76 bits per heavy atom. The number of aromatic nitrogens is 2. The van der Waals surface area contributed by atoms with Gasteiger partial charge in [0.15, 0.2) is 0 Å². The highest BCUT2D eigenvalue weighted by Gasteiger charge is 2.33. The van der Waals surface area contributed by atoms with Gasteiger partial charge in [-0.1, -0.05) is 61.9 Å². The molecule has 1 unspecified atom stereocenters. The summed E-state index contributed by atoms with van der Waals surface area (Å²) in [5.41, 5.74) is 10.3. The maximum atomic E-state index is 13.9. The number of aryl methyl sites for hydroxylation is 1. The van der Waals surface area contributed by atoms with Gasteiger partial charge in [-0.2, -0.15) is 4.98 Å². The highest BCUT2D eigenvalue weighted by atomic mass is 16.3. The SMILES string of the molecule is Cc1ccc(C(=O)N(CCCN)C(c2nc(=O)c(-c3ccoc3)c(C)n2Cc2ccccc2)C(C)C)cc1. The number of carbonyl (C=O) groups excluding carboxylic acids is 1. The average Bonchev–Trinajstić information content (AvgIpc) is 3.43. The molecule has 2 aromatic heterocycles. The Morgan fingerprint density at radius 3 is 2.37 bits per heavy atom. The van der Waals surface area contributed by atoms with Crippen LogP contribution in [0.3, 0.4) is 0 Å². The van der Waals surface area contributed by atoms with Crippen LogP contribution in [0.2, 0.25) is 0 Å². The van der Waals surface area contributed by atoms with Crippen LogP contribution in [0.5, 0.6) is 0 Å². The number of rotatable bonds is 10. The van der Waals surface area contributed by atoms with Gasteiger partial charge in [0.25, 0.3) is 11.5 Å². The average molecular weight is 513 g/mol. The minimum atomic E-state index is -0.441. The molecule has 1 amide bonds. The fraction of sp³-hybridized carbons (Fsp3) is 0.323. The van der Waals surface area contributed by atoms with Crippen LogP contribution in [-0.2, 0) is 6.54 Å². The van der Waals surface area contributed by atoms with Gasteiger partial charge in [0.1, 0.15) is 5.82 Å². The molecule has 0 radical (unpaired) electrons. The van der Waals surface area contributed by atoms with Gasteiger partial charge >= 0.3 is 0 Å². The van der Waals surface area contributed by atoms with E-state index in [9.17, 15) is 9.59 Å². The maximum Gasteiger partial charge on any atom is 0.281 e. The van der Waals surface area contributed by atoms with Crippen LogP contribution in [0, 0.1) is 19.8 Å². The smallest absolute Gasteiger partial charge is 0.281 e. The van der Waals surface area contributed by atoms with Crippen molar-refractivity contribution in [2.75, 3.05) is 13.1 Å². The van der Waals surface area contributed by atoms with Crippen molar-refractivity contribution in [2.24, 2.45) is 11.7 Å². The standard InChI is InChI=1S/C31H36N4O3/c1-21(2)28(34(17-8-16-32)31(37)25-13-11-22(3)12-14-25)29-33-30(36)27(26-15-18-38-20-26)23(4)35(29)19-24-9-6-5-7-10-24/h5-7,9-15,18,20-21,28H,8,16-17,19,32H2,1-4H3. The van der Waals surface area contributed by atoms with E-state index in [0.717, 1.165) is 16.8 Å². The molecule has 7 nitrogen and oxygen atoms in total. The molecular formula is C31H36N4O3. The van der Waals surface area contributed by atoms with Crippen molar-refractivity contribution in [1.29, 1.82) is 0 Å². The molecule has 0 aliphatic heterocycles. The summed E-state index contributed by atoms with van der Waals surface area (Å²) in [6.45, 7) is 9.45. The van der Waals surface area contributed by atoms with E-state index < -0.39 is 6.04 Å². The number of hydrogen-bond acceptors (Lipinski definition) is 5. The van der Waals surface area contributed by atoms with Crippen molar-refractivity contribution < 1.29 is 9.21 Å². The third kappa shape index (κ3) is 5.78. The van der Waals surface area contributed by atoms with E-state index in [1.165, 1.54) is 0 Å². The first-order valence-electron chi connectivity index (χ1n) is 13.1. The second-order valence-electron chi connectivity index (χ2n) is 10.0. The van der Waals surface area contributed by atoms with E-state index in [1.807, 2.05) is 73.3 Å². The third-order valence-electron chi connectivity index (χ3n) is 6.86. The molecule has 0 fully saturated rings. The van der Waals surface area contributed by atoms with Gasteiger partial charge in [-0.25, -0.2) is 0 Å². The number of nitrogens with two attached hydrogens (primary N) is 1. The molecule has 7 heteroatoms. The highest BCUT2D eigenvalue weighted by Crippen LogP contribution is 2.32. The van der Waals surface area contributed by atoms with Crippen molar-refractivity contribution in [3.8, 4) is 11.1 Å². The molecule has 38 heavy (non-hydrogen) atoms. The second kappa shape index (κ2) is 12.0. The van der Waals surface area contributed by atoms with Gasteiger partial charge in [0, 0.05) is 29.9 Å². The summed E-state index contributed by atoms with van der Waals surface area (Å²) >= 11 is 0. The van der Waals surface area contributed by atoms with Crippen LogP contribution in [0.4, 0.5) is 0 Å². The number of amides is 1. The summed E-state index contributed by atoms with van der Waals surface area (Å²) < 4.78 is 7.35. The molecule has 4 rings (SSSR count). The summed E-state index contributed by atoms with van der Waals surface area (Å²) in [5, 5.41) is 0. The molecule has 198 valence electrons. The molecular weight excluding hydrogens is 476 g/mol. The summed E-state index contributed by atoms with van der Waals surface area (Å²) in [4.78, 5) is 34.0. The zero-order valence-corrected chi connectivity index (χ0v) is 22.6. The number of carbonyl (C=O) groups is 1. The fourth-order valence-corrected chi connectivity index (χ4v) is 4.90. The molecule has 2 N–H and O–H groups in total. The topological polar surface area (TPSA) is 94.4 Å². The monoisotopic (exact) mass is 512 g/mol. The first-order chi connectivity index (χ1) is 18.3. The van der Waals surface area contributed by atoms with E-state index in [4.69, 9.17) is 10.2 Å². The van der Waals surface area contributed by atoms with Crippen molar-refractivity contribution in [3.05, 3.63) is 112 Å². The van der Waals surface area contributed by atoms with E-state index in [0.29, 0.717) is 48.6 Å². The van der Waals surface area contributed by atoms with Gasteiger partial charge in [-0.3, -0.25) is 9.59 Å². The first kappa shape index (κ1) is 27.1. The fourth-order valence-electron chi connectivity index (χ4n) is 4.90. The molecule has 0 bridgehead atoms. The van der Waals surface area contributed by atoms with Crippen LogP contribution in [0.15, 0.2) is 82.4 Å². The van der Waals surface area contributed by atoms with Gasteiger partial charge in [-0.05, 0) is 56.5 Å². The van der Waals surface area contributed by atoms with Gasteiger partial charge in [0.05, 0.1) is 24.1 Å². The number of nitrogens with zero attached hydrogens (tertiary/aromatic N) is 3. The van der Waals surface area contributed by atoms with Gasteiger partial charge in [-0.15, -0.1) is 0 Å². The Bertz CT molecular complexity index is 1410. The lowest BCUT2D eigenvalue weighted by Gasteiger charge is -2.36. The lowest BCUT2D eigenvalue weighted by atomic mass is 9.98. The van der Waals surface area contributed by atoms with Crippen molar-refractivity contribution in [2.45, 2.75) is 46.7 Å². The van der Waals surface area contributed by atoms with E-state index in [1.54, 1.807) is 18.6 Å². The van der Waals surface area contributed by atoms with Gasteiger partial charge in [0.2, 0.25) is 0 Å². The summed E-state index contributed by atoms with van der Waals surface area (Å²) in [6, 6.07) is 19.0. The van der Waals surface area contributed by atoms with E-state index >= 15 is 0 Å². The summed E-state index contributed by atoms with van der Waals surface area (Å²) in [6.07, 6.45) is 3.75. The zero-order valence-electron chi connectivity index (χ0n) is 22.6. The zero-order chi connectivity index (χ0) is 27.2. The lowest BCUT2D eigenvalue weighted by Crippen LogP contribution is -2.42. The number of hydrogen-bond donors (Lipinski definition) is 1. The Hall–Kier alpha value is -3.97. The van der Waals surface area contributed by atoms with Gasteiger partial charge < -0.3 is 19.6 Å². The van der Waals surface area contributed by atoms with Crippen LogP contribution >= 0.6 is 0 Å². The minimum absolute atomic E-state index is 0.0183. The lowest BCUT2D eigenvalue weighted by molar-refractivity contribution is 0.0602. The minimum Gasteiger partial charge on any atom is -0.472 e. The molecule has 0 saturated heterocycles. The first-order valence-corrected chi connectivity index (χ1v) is 13.1. The maximum absolute atomic E-state index is 13.9. The highest BCUT2D eigenvalue weighted by molar-refractivity contribution is 5.94. The van der Waals surface area contributed by atoms with Crippen molar-refractivity contribution in [3.63, 3.8) is 0 Å². The Kier molecular flexibility index (Phi) is 8.59. The molecule has 0 aliphatic rings. The predicted octanol–water partition coefficient (Wildman–Crippen LogP) is 5.36. The number of furan rings is 1. The molecule has 0 saturated carbocycles. The summed E-state index contributed by atoms with van der Waals surface area (Å²) in [7, 11) is 0. The molecule has 0 aliphatic carbocycles. The molecule has 2 aromatic carbocycles. The quantitative estimate of drug-likeness (QED) is 0.309. The van der Waals surface area contributed by atoms with Crippen molar-refractivity contribution in [1.82, 2.24) is 14.5 Å². The second-order valence-corrected chi connectivity index (χ2v) is 10.0.